The monoisotopic (exact) mass is 375 g/mol. The summed E-state index contributed by atoms with van der Waals surface area (Å²) in [6.07, 6.45) is 0. The zero-order chi connectivity index (χ0) is 19.2. The minimum absolute atomic E-state index is 0.0277. The topological polar surface area (TPSA) is 91.2 Å². The molecule has 0 spiro atoms. The fraction of sp³-hybridized carbons (Fsp3) is 0.176. The van der Waals surface area contributed by atoms with Crippen LogP contribution in [0.15, 0.2) is 42.5 Å². The third-order valence-corrected chi connectivity index (χ3v) is 3.55. The Bertz CT molecular complexity index is 948. The SMILES string of the molecule is COc1ccccc1OCC(=O)NCc1nnnn1-c1ccc(F)c(F)c1. The summed E-state index contributed by atoms with van der Waals surface area (Å²) in [4.78, 5) is 12.0. The second-order valence-corrected chi connectivity index (χ2v) is 5.32. The van der Waals surface area contributed by atoms with Gasteiger partial charge in [0.15, 0.2) is 35.6 Å². The number of rotatable bonds is 7. The van der Waals surface area contributed by atoms with Crippen molar-refractivity contribution in [2.45, 2.75) is 6.54 Å². The van der Waals surface area contributed by atoms with Crippen molar-refractivity contribution in [1.29, 1.82) is 0 Å². The van der Waals surface area contributed by atoms with E-state index in [1.54, 1.807) is 24.3 Å². The molecule has 0 aliphatic carbocycles. The number of nitrogens with one attached hydrogen (secondary N) is 1. The highest BCUT2D eigenvalue weighted by Gasteiger charge is 2.13. The summed E-state index contributed by atoms with van der Waals surface area (Å²) < 4.78 is 38.2. The largest absolute Gasteiger partial charge is 0.493 e. The smallest absolute Gasteiger partial charge is 0.258 e. The third-order valence-electron chi connectivity index (χ3n) is 3.55. The van der Waals surface area contributed by atoms with Crippen LogP contribution in [0.3, 0.4) is 0 Å². The van der Waals surface area contributed by atoms with Crippen molar-refractivity contribution in [3.8, 4) is 17.2 Å². The average molecular weight is 375 g/mol. The van der Waals surface area contributed by atoms with E-state index in [9.17, 15) is 13.6 Å². The quantitative estimate of drug-likeness (QED) is 0.675. The van der Waals surface area contributed by atoms with Gasteiger partial charge in [-0.2, -0.15) is 4.68 Å². The Morgan fingerprint density at radius 2 is 1.93 bits per heavy atom. The van der Waals surface area contributed by atoms with Crippen LogP contribution in [0.2, 0.25) is 0 Å². The summed E-state index contributed by atoms with van der Waals surface area (Å²) >= 11 is 0. The number of hydrogen-bond acceptors (Lipinski definition) is 6. The van der Waals surface area contributed by atoms with Crippen LogP contribution in [0, 0.1) is 11.6 Å². The first kappa shape index (κ1) is 18.2. The second kappa shape index (κ2) is 8.21. The number of ether oxygens (including phenoxy) is 2. The second-order valence-electron chi connectivity index (χ2n) is 5.32. The molecule has 0 fully saturated rings. The van der Waals surface area contributed by atoms with Crippen molar-refractivity contribution in [3.05, 3.63) is 59.9 Å². The van der Waals surface area contributed by atoms with Crippen molar-refractivity contribution in [3.63, 3.8) is 0 Å². The number of methoxy groups -OCH3 is 1. The number of benzene rings is 2. The van der Waals surface area contributed by atoms with E-state index in [-0.39, 0.29) is 24.7 Å². The van der Waals surface area contributed by atoms with Crippen LogP contribution in [-0.4, -0.2) is 39.8 Å². The highest BCUT2D eigenvalue weighted by atomic mass is 19.2. The lowest BCUT2D eigenvalue weighted by atomic mass is 10.3. The van der Waals surface area contributed by atoms with E-state index in [4.69, 9.17) is 9.47 Å². The zero-order valence-electron chi connectivity index (χ0n) is 14.2. The van der Waals surface area contributed by atoms with Gasteiger partial charge in [-0.1, -0.05) is 12.1 Å². The number of aromatic nitrogens is 4. The lowest BCUT2D eigenvalue weighted by molar-refractivity contribution is -0.123. The molecule has 1 aromatic heterocycles. The fourth-order valence-corrected chi connectivity index (χ4v) is 2.24. The van der Waals surface area contributed by atoms with Gasteiger partial charge in [-0.3, -0.25) is 4.79 Å². The van der Waals surface area contributed by atoms with Gasteiger partial charge in [-0.05, 0) is 34.7 Å². The molecule has 3 aromatic rings. The Hall–Kier alpha value is -3.56. The lowest BCUT2D eigenvalue weighted by Gasteiger charge is -2.10. The van der Waals surface area contributed by atoms with Crippen molar-refractivity contribution in [2.75, 3.05) is 13.7 Å². The Labute approximate surface area is 152 Å². The standard InChI is InChI=1S/C17H15F2N5O3/c1-26-14-4-2-3-5-15(14)27-10-17(25)20-9-16-21-22-23-24(16)11-6-7-12(18)13(19)8-11/h2-8H,9-10H2,1H3,(H,20,25). The molecule has 140 valence electrons. The molecule has 0 aliphatic rings. The molecule has 8 nitrogen and oxygen atoms in total. The van der Waals surface area contributed by atoms with Crippen LogP contribution in [0.4, 0.5) is 8.78 Å². The maximum atomic E-state index is 13.4. The summed E-state index contributed by atoms with van der Waals surface area (Å²) in [6.45, 7) is -0.271. The van der Waals surface area contributed by atoms with Gasteiger partial charge in [0, 0.05) is 6.07 Å². The molecule has 0 atom stereocenters. The Morgan fingerprint density at radius 3 is 2.67 bits per heavy atom. The molecule has 3 rings (SSSR count). The number of tetrazole rings is 1. The Balaban J connectivity index is 1.60. The highest BCUT2D eigenvalue weighted by Crippen LogP contribution is 2.25. The highest BCUT2D eigenvalue weighted by molar-refractivity contribution is 5.77. The number of amides is 1. The van der Waals surface area contributed by atoms with Crippen LogP contribution in [0.5, 0.6) is 11.5 Å². The average Bonchev–Trinajstić information content (AvgIpc) is 3.15. The summed E-state index contributed by atoms with van der Waals surface area (Å²) in [6, 6.07) is 10.2. The minimum Gasteiger partial charge on any atom is -0.493 e. The molecule has 1 heterocycles. The molecule has 10 heteroatoms. The zero-order valence-corrected chi connectivity index (χ0v) is 14.2. The molecule has 0 saturated heterocycles. The van der Waals surface area contributed by atoms with E-state index in [1.807, 2.05) is 0 Å². The van der Waals surface area contributed by atoms with Crippen LogP contribution >= 0.6 is 0 Å². The van der Waals surface area contributed by atoms with Gasteiger partial charge in [0.05, 0.1) is 19.3 Å². The van der Waals surface area contributed by atoms with Gasteiger partial charge in [0.25, 0.3) is 5.91 Å². The number of hydrogen-bond donors (Lipinski definition) is 1. The maximum absolute atomic E-state index is 13.4. The van der Waals surface area contributed by atoms with Gasteiger partial charge in [0.1, 0.15) is 0 Å². The molecule has 1 N–H and O–H groups in total. The molecule has 0 bridgehead atoms. The summed E-state index contributed by atoms with van der Waals surface area (Å²) in [7, 11) is 1.50. The third kappa shape index (κ3) is 4.35. The lowest BCUT2D eigenvalue weighted by Crippen LogP contribution is -2.29. The van der Waals surface area contributed by atoms with Crippen LogP contribution in [-0.2, 0) is 11.3 Å². The van der Waals surface area contributed by atoms with E-state index in [0.29, 0.717) is 11.5 Å². The van der Waals surface area contributed by atoms with Crippen molar-refractivity contribution >= 4 is 5.91 Å². The van der Waals surface area contributed by atoms with Crippen LogP contribution < -0.4 is 14.8 Å². The van der Waals surface area contributed by atoms with Crippen molar-refractivity contribution in [1.82, 2.24) is 25.5 Å². The molecule has 0 radical (unpaired) electrons. The molecule has 0 aliphatic heterocycles. The fourth-order valence-electron chi connectivity index (χ4n) is 2.24. The first-order valence-corrected chi connectivity index (χ1v) is 7.83. The van der Waals surface area contributed by atoms with Gasteiger partial charge in [-0.15, -0.1) is 5.10 Å². The van der Waals surface area contributed by atoms with Gasteiger partial charge in [-0.25, -0.2) is 8.78 Å². The maximum Gasteiger partial charge on any atom is 0.258 e. The van der Waals surface area contributed by atoms with E-state index in [2.05, 4.69) is 20.8 Å². The van der Waals surface area contributed by atoms with E-state index in [0.717, 1.165) is 12.1 Å². The molecular weight excluding hydrogens is 360 g/mol. The molecule has 1 amide bonds. The van der Waals surface area contributed by atoms with Gasteiger partial charge < -0.3 is 14.8 Å². The molecule has 27 heavy (non-hydrogen) atoms. The number of carbonyl (C=O) groups is 1. The molecule has 2 aromatic carbocycles. The van der Waals surface area contributed by atoms with Crippen LogP contribution in [0.1, 0.15) is 5.82 Å². The molecular formula is C17H15F2N5O3. The Morgan fingerprint density at radius 1 is 1.15 bits per heavy atom. The van der Waals surface area contributed by atoms with E-state index in [1.165, 1.54) is 17.9 Å². The Kier molecular flexibility index (Phi) is 5.55. The normalized spacial score (nSPS) is 10.5. The van der Waals surface area contributed by atoms with E-state index >= 15 is 0 Å². The van der Waals surface area contributed by atoms with Crippen LogP contribution in [0.25, 0.3) is 5.69 Å². The van der Waals surface area contributed by atoms with Gasteiger partial charge in [0.2, 0.25) is 0 Å². The molecule has 0 saturated carbocycles. The first-order valence-electron chi connectivity index (χ1n) is 7.83. The van der Waals surface area contributed by atoms with Gasteiger partial charge >= 0.3 is 0 Å². The number of nitrogens with zero attached hydrogens (tertiary/aromatic N) is 4. The summed E-state index contributed by atoms with van der Waals surface area (Å²) in [5.41, 5.74) is 0.230. The number of para-hydroxylation sites is 2. The summed E-state index contributed by atoms with van der Waals surface area (Å²) in [5.74, 6) is -1.24. The number of carbonyl (C=O) groups excluding carboxylic acids is 1. The summed E-state index contributed by atoms with van der Waals surface area (Å²) in [5, 5.41) is 13.6. The number of halogens is 2. The van der Waals surface area contributed by atoms with E-state index < -0.39 is 17.5 Å². The molecule has 0 unspecified atom stereocenters. The van der Waals surface area contributed by atoms with Crippen molar-refractivity contribution in [2.24, 2.45) is 0 Å². The predicted molar refractivity (Wildman–Crippen MR) is 89.4 cm³/mol. The predicted octanol–water partition coefficient (Wildman–Crippen LogP) is 1.64. The van der Waals surface area contributed by atoms with Crippen molar-refractivity contribution < 1.29 is 23.0 Å². The minimum atomic E-state index is -1.02. The first-order chi connectivity index (χ1) is 13.1.